The smallest absolute Gasteiger partial charge is 0.138 e. The van der Waals surface area contributed by atoms with E-state index >= 15 is 0 Å². The Morgan fingerprint density at radius 2 is 1.90 bits per heavy atom. The van der Waals surface area contributed by atoms with Crippen LogP contribution in [0.15, 0.2) is 48.8 Å². The Labute approximate surface area is 125 Å². The van der Waals surface area contributed by atoms with Crippen LogP contribution in [0.25, 0.3) is 0 Å². The summed E-state index contributed by atoms with van der Waals surface area (Å²) in [6.45, 7) is 4.36. The van der Waals surface area contributed by atoms with Crippen LogP contribution in [0, 0.1) is 0 Å². The number of hydrogen-bond acceptors (Lipinski definition) is 5. The van der Waals surface area contributed by atoms with Gasteiger partial charge < -0.3 is 9.47 Å². The number of pyridine rings is 1. The van der Waals surface area contributed by atoms with Gasteiger partial charge in [-0.3, -0.25) is 10.8 Å². The molecule has 0 bridgehead atoms. The second-order valence-electron chi connectivity index (χ2n) is 4.96. The molecule has 0 spiro atoms. The van der Waals surface area contributed by atoms with Gasteiger partial charge in [0, 0.05) is 6.20 Å². The van der Waals surface area contributed by atoms with Crippen LogP contribution >= 0.6 is 0 Å². The molecule has 0 aliphatic rings. The predicted molar refractivity (Wildman–Crippen MR) is 82.0 cm³/mol. The van der Waals surface area contributed by atoms with E-state index in [1.54, 1.807) is 12.4 Å². The minimum Gasteiger partial charge on any atom is -0.492 e. The monoisotopic (exact) mass is 287 g/mol. The number of benzene rings is 1. The van der Waals surface area contributed by atoms with E-state index in [-0.39, 0.29) is 12.1 Å². The van der Waals surface area contributed by atoms with Gasteiger partial charge >= 0.3 is 0 Å². The summed E-state index contributed by atoms with van der Waals surface area (Å²) in [5.41, 5.74) is 3.67. The Balaban J connectivity index is 2.03. The zero-order valence-electron chi connectivity index (χ0n) is 12.3. The first kappa shape index (κ1) is 15.3. The summed E-state index contributed by atoms with van der Waals surface area (Å²) in [6, 6.07) is 11.4. The normalized spacial score (nSPS) is 12.2. The van der Waals surface area contributed by atoms with Crippen molar-refractivity contribution in [3.63, 3.8) is 0 Å². The highest BCUT2D eigenvalue weighted by molar-refractivity contribution is 5.27. The van der Waals surface area contributed by atoms with Gasteiger partial charge in [0.15, 0.2) is 0 Å². The van der Waals surface area contributed by atoms with E-state index in [1.807, 2.05) is 50.2 Å². The highest BCUT2D eigenvalue weighted by atomic mass is 16.5. The highest BCUT2D eigenvalue weighted by Gasteiger charge is 2.12. The summed E-state index contributed by atoms with van der Waals surface area (Å²) in [4.78, 5) is 4.19. The Hall–Kier alpha value is -2.11. The Morgan fingerprint density at radius 3 is 2.57 bits per heavy atom. The molecule has 0 aliphatic heterocycles. The largest absolute Gasteiger partial charge is 0.492 e. The molecule has 0 radical (unpaired) electrons. The molecule has 3 N–H and O–H groups in total. The lowest BCUT2D eigenvalue weighted by Gasteiger charge is -2.18. The van der Waals surface area contributed by atoms with E-state index in [2.05, 4.69) is 10.4 Å². The molecule has 5 nitrogen and oxygen atoms in total. The molecular weight excluding hydrogens is 266 g/mol. The summed E-state index contributed by atoms with van der Waals surface area (Å²) < 4.78 is 11.4. The summed E-state index contributed by atoms with van der Waals surface area (Å²) in [6.07, 6.45) is 3.55. The molecule has 0 saturated heterocycles. The molecule has 1 unspecified atom stereocenters. The zero-order chi connectivity index (χ0) is 15.1. The van der Waals surface area contributed by atoms with Crippen LogP contribution in [-0.4, -0.2) is 17.7 Å². The fraction of sp³-hybridized carbons (Fsp3) is 0.312. The molecule has 112 valence electrons. The number of nitrogens with two attached hydrogens (primary N) is 1. The molecule has 0 amide bonds. The third kappa shape index (κ3) is 4.73. The number of aromatic nitrogens is 1. The van der Waals surface area contributed by atoms with E-state index in [0.29, 0.717) is 6.61 Å². The van der Waals surface area contributed by atoms with Gasteiger partial charge in [-0.1, -0.05) is 18.2 Å². The van der Waals surface area contributed by atoms with E-state index in [9.17, 15) is 0 Å². The van der Waals surface area contributed by atoms with E-state index in [4.69, 9.17) is 15.3 Å². The van der Waals surface area contributed by atoms with E-state index < -0.39 is 0 Å². The van der Waals surface area contributed by atoms with Gasteiger partial charge in [-0.25, -0.2) is 5.43 Å². The average Bonchev–Trinajstić information content (AvgIpc) is 2.49. The SMILES string of the molecule is CC(C)Oc1cncc(C(COc2ccccc2)NN)c1. The van der Waals surface area contributed by atoms with Crippen LogP contribution in [0.3, 0.4) is 0 Å². The maximum absolute atomic E-state index is 5.72. The molecule has 2 aromatic rings. The molecule has 1 aromatic carbocycles. The summed E-state index contributed by atoms with van der Waals surface area (Å²) >= 11 is 0. The van der Waals surface area contributed by atoms with Crippen molar-refractivity contribution < 1.29 is 9.47 Å². The van der Waals surface area contributed by atoms with Crippen LogP contribution in [0.4, 0.5) is 0 Å². The Morgan fingerprint density at radius 1 is 1.14 bits per heavy atom. The summed E-state index contributed by atoms with van der Waals surface area (Å²) in [5.74, 6) is 7.15. The second-order valence-corrected chi connectivity index (χ2v) is 4.96. The van der Waals surface area contributed by atoms with Gasteiger partial charge in [0.05, 0.1) is 18.3 Å². The van der Waals surface area contributed by atoms with Crippen molar-refractivity contribution in [1.29, 1.82) is 0 Å². The number of rotatable bonds is 7. The Kier molecular flexibility index (Phi) is 5.54. The highest BCUT2D eigenvalue weighted by Crippen LogP contribution is 2.19. The topological polar surface area (TPSA) is 69.4 Å². The molecule has 0 saturated carbocycles. The lowest BCUT2D eigenvalue weighted by atomic mass is 10.1. The third-order valence-corrected chi connectivity index (χ3v) is 2.87. The molecule has 0 fully saturated rings. The van der Waals surface area contributed by atoms with Crippen molar-refractivity contribution in [2.75, 3.05) is 6.61 Å². The first-order chi connectivity index (χ1) is 10.2. The van der Waals surface area contributed by atoms with Crippen LogP contribution in [0.2, 0.25) is 0 Å². The number of nitrogens with one attached hydrogen (secondary N) is 1. The molecule has 1 aromatic heterocycles. The second kappa shape index (κ2) is 7.61. The van der Waals surface area contributed by atoms with Gasteiger partial charge in [-0.2, -0.15) is 0 Å². The number of para-hydroxylation sites is 1. The molecule has 21 heavy (non-hydrogen) atoms. The van der Waals surface area contributed by atoms with Crippen LogP contribution in [0.5, 0.6) is 11.5 Å². The molecule has 1 heterocycles. The minimum absolute atomic E-state index is 0.104. The predicted octanol–water partition coefficient (Wildman–Crippen LogP) is 2.45. The van der Waals surface area contributed by atoms with Crippen LogP contribution < -0.4 is 20.7 Å². The average molecular weight is 287 g/mol. The van der Waals surface area contributed by atoms with Crippen molar-refractivity contribution in [3.8, 4) is 11.5 Å². The first-order valence-electron chi connectivity index (χ1n) is 6.94. The third-order valence-electron chi connectivity index (χ3n) is 2.87. The molecule has 0 aliphatic carbocycles. The van der Waals surface area contributed by atoms with E-state index in [1.165, 1.54) is 0 Å². The van der Waals surface area contributed by atoms with Gasteiger partial charge in [0.1, 0.15) is 18.1 Å². The van der Waals surface area contributed by atoms with Gasteiger partial charge in [-0.05, 0) is 37.6 Å². The van der Waals surface area contributed by atoms with Crippen molar-refractivity contribution in [3.05, 3.63) is 54.4 Å². The van der Waals surface area contributed by atoms with Crippen LogP contribution in [0.1, 0.15) is 25.5 Å². The fourth-order valence-electron chi connectivity index (χ4n) is 1.90. The number of hydrazine groups is 1. The molecule has 2 rings (SSSR count). The standard InChI is InChI=1S/C16H21N3O2/c1-12(2)21-15-8-13(9-18-10-15)16(19-17)11-20-14-6-4-3-5-7-14/h3-10,12,16,19H,11,17H2,1-2H3. The first-order valence-corrected chi connectivity index (χ1v) is 6.94. The zero-order valence-corrected chi connectivity index (χ0v) is 12.3. The van der Waals surface area contributed by atoms with Crippen molar-refractivity contribution in [1.82, 2.24) is 10.4 Å². The lowest BCUT2D eigenvalue weighted by molar-refractivity contribution is 0.239. The van der Waals surface area contributed by atoms with Crippen molar-refractivity contribution in [2.24, 2.45) is 5.84 Å². The van der Waals surface area contributed by atoms with Crippen molar-refractivity contribution >= 4 is 0 Å². The number of hydrogen-bond donors (Lipinski definition) is 2. The quantitative estimate of drug-likeness (QED) is 0.604. The number of nitrogens with zero attached hydrogens (tertiary/aromatic N) is 1. The van der Waals surface area contributed by atoms with Gasteiger partial charge in [0.25, 0.3) is 0 Å². The van der Waals surface area contributed by atoms with E-state index in [0.717, 1.165) is 17.1 Å². The summed E-state index contributed by atoms with van der Waals surface area (Å²) in [5, 5.41) is 0. The summed E-state index contributed by atoms with van der Waals surface area (Å²) in [7, 11) is 0. The molecule has 5 heteroatoms. The fourth-order valence-corrected chi connectivity index (χ4v) is 1.90. The maximum Gasteiger partial charge on any atom is 0.138 e. The van der Waals surface area contributed by atoms with Gasteiger partial charge in [0.2, 0.25) is 0 Å². The minimum atomic E-state index is -0.159. The molecule has 1 atom stereocenters. The van der Waals surface area contributed by atoms with Crippen molar-refractivity contribution in [2.45, 2.75) is 26.0 Å². The maximum atomic E-state index is 5.72. The van der Waals surface area contributed by atoms with Crippen LogP contribution in [-0.2, 0) is 0 Å². The number of ether oxygens (including phenoxy) is 2. The Bertz CT molecular complexity index is 546. The lowest BCUT2D eigenvalue weighted by Crippen LogP contribution is -2.32. The van der Waals surface area contributed by atoms with Gasteiger partial charge in [-0.15, -0.1) is 0 Å². The molecular formula is C16H21N3O2.